The van der Waals surface area contributed by atoms with E-state index in [1.54, 1.807) is 25.1 Å². The molecule has 0 aliphatic heterocycles. The number of hydrogen-bond donors (Lipinski definition) is 1. The summed E-state index contributed by atoms with van der Waals surface area (Å²) in [6.45, 7) is 2.07. The first-order valence-electron chi connectivity index (χ1n) is 7.04. The Morgan fingerprint density at radius 1 is 1.22 bits per heavy atom. The van der Waals surface area contributed by atoms with E-state index in [4.69, 9.17) is 5.73 Å². The van der Waals surface area contributed by atoms with Crippen LogP contribution in [0, 0.1) is 0 Å². The first kappa shape index (κ1) is 15.4. The van der Waals surface area contributed by atoms with Crippen molar-refractivity contribution in [3.63, 3.8) is 0 Å². The van der Waals surface area contributed by atoms with Crippen LogP contribution in [0.3, 0.4) is 0 Å². The maximum absolute atomic E-state index is 13.0. The van der Waals surface area contributed by atoms with Crippen molar-refractivity contribution in [2.24, 2.45) is 5.73 Å². The van der Waals surface area contributed by atoms with Crippen LogP contribution < -0.4 is 5.73 Å². The average Bonchev–Trinajstić information content (AvgIpc) is 2.97. The van der Waals surface area contributed by atoms with Gasteiger partial charge in [0.15, 0.2) is 5.65 Å². The summed E-state index contributed by atoms with van der Waals surface area (Å²) in [5.74, 6) is -1.15. The monoisotopic (exact) mass is 321 g/mol. The van der Waals surface area contributed by atoms with Crippen molar-refractivity contribution in [2.45, 2.75) is 26.1 Å². The van der Waals surface area contributed by atoms with E-state index in [2.05, 4.69) is 15.0 Å². The molecule has 0 saturated carbocycles. The van der Waals surface area contributed by atoms with E-state index in [-0.39, 0.29) is 11.3 Å². The third-order valence-corrected chi connectivity index (χ3v) is 3.48. The van der Waals surface area contributed by atoms with Crippen molar-refractivity contribution in [3.05, 3.63) is 47.7 Å². The van der Waals surface area contributed by atoms with Crippen LogP contribution in [0.1, 0.15) is 24.0 Å². The van der Waals surface area contributed by atoms with Crippen molar-refractivity contribution in [1.82, 2.24) is 19.5 Å². The highest BCUT2D eigenvalue weighted by Gasteiger charge is 2.36. The average molecular weight is 321 g/mol. The number of hydrogen-bond acceptors (Lipinski definition) is 4. The Labute approximate surface area is 130 Å². The zero-order valence-corrected chi connectivity index (χ0v) is 12.3. The molecule has 120 valence electrons. The minimum atomic E-state index is -4.60. The topological polar surface area (TPSA) is 69.6 Å². The van der Waals surface area contributed by atoms with Crippen molar-refractivity contribution < 1.29 is 13.2 Å². The van der Waals surface area contributed by atoms with Crippen LogP contribution in [0.25, 0.3) is 16.9 Å². The molecule has 3 rings (SSSR count). The Morgan fingerprint density at radius 2 is 2.00 bits per heavy atom. The number of rotatable bonds is 3. The molecule has 0 radical (unpaired) electrons. The Bertz CT molecular complexity index is 854. The van der Waals surface area contributed by atoms with Gasteiger partial charge in [-0.05, 0) is 24.1 Å². The second-order valence-electron chi connectivity index (χ2n) is 5.01. The molecule has 5 nitrogen and oxygen atoms in total. The van der Waals surface area contributed by atoms with Crippen LogP contribution in [0.15, 0.2) is 30.6 Å². The molecule has 2 heterocycles. The van der Waals surface area contributed by atoms with Gasteiger partial charge in [0.2, 0.25) is 5.82 Å². The van der Waals surface area contributed by atoms with Crippen LogP contribution in [0.2, 0.25) is 0 Å². The molecule has 8 heteroatoms. The van der Waals surface area contributed by atoms with E-state index in [0.717, 1.165) is 5.56 Å². The lowest BCUT2D eigenvalue weighted by Gasteiger charge is -2.09. The lowest BCUT2D eigenvalue weighted by atomic mass is 10.2. The molecule has 23 heavy (non-hydrogen) atoms. The van der Waals surface area contributed by atoms with Crippen molar-refractivity contribution in [3.8, 4) is 5.69 Å². The predicted octanol–water partition coefficient (Wildman–Crippen LogP) is 2.86. The maximum atomic E-state index is 13.0. The van der Waals surface area contributed by atoms with Gasteiger partial charge in [-0.1, -0.05) is 19.1 Å². The largest absolute Gasteiger partial charge is 0.451 e. The van der Waals surface area contributed by atoms with Crippen molar-refractivity contribution in [2.75, 3.05) is 0 Å². The number of nitrogens with two attached hydrogens (primary N) is 1. The van der Waals surface area contributed by atoms with Gasteiger partial charge >= 0.3 is 6.18 Å². The fourth-order valence-corrected chi connectivity index (χ4v) is 2.35. The fraction of sp³-hybridized carbons (Fsp3) is 0.267. The van der Waals surface area contributed by atoms with Gasteiger partial charge in [0.1, 0.15) is 11.8 Å². The Balaban J connectivity index is 2.26. The number of alkyl halides is 3. The molecule has 0 spiro atoms. The third-order valence-electron chi connectivity index (χ3n) is 3.48. The summed E-state index contributed by atoms with van der Waals surface area (Å²) >= 11 is 0. The van der Waals surface area contributed by atoms with E-state index in [1.807, 2.05) is 6.07 Å². The Kier molecular flexibility index (Phi) is 3.77. The minimum absolute atomic E-state index is 0.137. The van der Waals surface area contributed by atoms with Gasteiger partial charge in [-0.2, -0.15) is 13.2 Å². The lowest BCUT2D eigenvalue weighted by molar-refractivity contribution is -0.144. The van der Waals surface area contributed by atoms with E-state index < -0.39 is 12.0 Å². The number of benzene rings is 1. The molecule has 1 aromatic carbocycles. The summed E-state index contributed by atoms with van der Waals surface area (Å²) in [6, 6.07) is 7.19. The quantitative estimate of drug-likeness (QED) is 0.805. The standard InChI is InChI=1S/C15H14F3N5/c1-2-11-12-13(22-14(21-11)15(16,17)18)23(8-20-12)10-5-3-4-9(6-10)7-19/h3-6,8H,2,7,19H2,1H3. The van der Waals surface area contributed by atoms with Crippen LogP contribution in [0.4, 0.5) is 13.2 Å². The highest BCUT2D eigenvalue weighted by molar-refractivity contribution is 5.75. The van der Waals surface area contributed by atoms with Gasteiger partial charge in [0.25, 0.3) is 0 Å². The molecule has 2 aromatic heterocycles. The number of halogens is 3. The minimum Gasteiger partial charge on any atom is -0.326 e. The summed E-state index contributed by atoms with van der Waals surface area (Å²) in [7, 11) is 0. The van der Waals surface area contributed by atoms with E-state index in [9.17, 15) is 13.2 Å². The first-order valence-corrected chi connectivity index (χ1v) is 7.04. The summed E-state index contributed by atoms with van der Waals surface area (Å²) in [5.41, 5.74) is 7.92. The molecule has 0 saturated heterocycles. The third kappa shape index (κ3) is 2.77. The van der Waals surface area contributed by atoms with Crippen LogP contribution in [-0.4, -0.2) is 19.5 Å². The van der Waals surface area contributed by atoms with Gasteiger partial charge in [0, 0.05) is 12.2 Å². The molecular formula is C15H14F3N5. The van der Waals surface area contributed by atoms with E-state index >= 15 is 0 Å². The SMILES string of the molecule is CCc1nc(C(F)(F)F)nc2c1ncn2-c1cccc(CN)c1. The van der Waals surface area contributed by atoms with Crippen LogP contribution in [0.5, 0.6) is 0 Å². The molecule has 0 bridgehead atoms. The molecule has 0 aliphatic rings. The second kappa shape index (κ2) is 5.62. The molecule has 0 aliphatic carbocycles. The summed E-state index contributed by atoms with van der Waals surface area (Å²) in [5, 5.41) is 0. The van der Waals surface area contributed by atoms with Crippen LogP contribution in [-0.2, 0) is 19.1 Å². The maximum Gasteiger partial charge on any atom is 0.451 e. The zero-order chi connectivity index (χ0) is 16.6. The van der Waals surface area contributed by atoms with E-state index in [0.29, 0.717) is 24.2 Å². The summed E-state index contributed by atoms with van der Waals surface area (Å²) in [6.07, 6.45) is -2.82. The number of aromatic nitrogens is 4. The van der Waals surface area contributed by atoms with Crippen molar-refractivity contribution >= 4 is 11.2 Å². The zero-order valence-electron chi connectivity index (χ0n) is 12.3. The fourth-order valence-electron chi connectivity index (χ4n) is 2.35. The summed E-state index contributed by atoms with van der Waals surface area (Å²) in [4.78, 5) is 11.5. The molecule has 0 amide bonds. The number of fused-ring (bicyclic) bond motifs is 1. The molecule has 0 fully saturated rings. The Hall–Kier alpha value is -2.48. The van der Waals surface area contributed by atoms with Gasteiger partial charge in [0.05, 0.1) is 5.69 Å². The molecule has 0 unspecified atom stereocenters. The van der Waals surface area contributed by atoms with Gasteiger partial charge in [-0.15, -0.1) is 0 Å². The van der Waals surface area contributed by atoms with Gasteiger partial charge in [-0.25, -0.2) is 15.0 Å². The number of aryl methyl sites for hydroxylation is 1. The van der Waals surface area contributed by atoms with E-state index in [1.165, 1.54) is 10.9 Å². The molecular weight excluding hydrogens is 307 g/mol. The smallest absolute Gasteiger partial charge is 0.326 e. The molecule has 3 aromatic rings. The van der Waals surface area contributed by atoms with Gasteiger partial charge < -0.3 is 5.73 Å². The number of imidazole rings is 1. The summed E-state index contributed by atoms with van der Waals surface area (Å²) < 4.78 is 40.6. The normalized spacial score (nSPS) is 12.0. The number of nitrogens with zero attached hydrogens (tertiary/aromatic N) is 4. The predicted molar refractivity (Wildman–Crippen MR) is 78.9 cm³/mol. The Morgan fingerprint density at radius 3 is 2.65 bits per heavy atom. The lowest BCUT2D eigenvalue weighted by Crippen LogP contribution is -2.13. The highest BCUT2D eigenvalue weighted by atomic mass is 19.4. The molecule has 0 atom stereocenters. The highest BCUT2D eigenvalue weighted by Crippen LogP contribution is 2.29. The first-order chi connectivity index (χ1) is 10.9. The van der Waals surface area contributed by atoms with Crippen LogP contribution >= 0.6 is 0 Å². The van der Waals surface area contributed by atoms with Gasteiger partial charge in [-0.3, -0.25) is 4.57 Å². The van der Waals surface area contributed by atoms with Crippen molar-refractivity contribution in [1.29, 1.82) is 0 Å². The second-order valence-corrected chi connectivity index (χ2v) is 5.01. The molecule has 2 N–H and O–H groups in total.